The highest BCUT2D eigenvalue weighted by Gasteiger charge is 2.34. The molecule has 0 unspecified atom stereocenters. The number of likely N-dealkylation sites (tertiary alicyclic amines) is 1. The van der Waals surface area contributed by atoms with E-state index in [9.17, 15) is 4.79 Å². The molecule has 0 radical (unpaired) electrons. The van der Waals surface area contributed by atoms with Gasteiger partial charge in [0.15, 0.2) is 0 Å². The van der Waals surface area contributed by atoms with Gasteiger partial charge in [-0.05, 0) is 44.0 Å². The van der Waals surface area contributed by atoms with Crippen LogP contribution in [0.3, 0.4) is 0 Å². The van der Waals surface area contributed by atoms with Crippen molar-refractivity contribution >= 4 is 28.0 Å². The van der Waals surface area contributed by atoms with Crippen molar-refractivity contribution in [2.24, 2.45) is 5.73 Å². The summed E-state index contributed by atoms with van der Waals surface area (Å²) in [6, 6.07) is 8.37. The predicted molar refractivity (Wildman–Crippen MR) is 137 cm³/mol. The molecular formula is C27H23F2N7O2. The number of hydrogen-bond donors (Lipinski definition) is 1. The largest absolute Gasteiger partial charge is 0.424 e. The highest BCUT2D eigenvalue weighted by molar-refractivity contribution is 6.04. The third kappa shape index (κ3) is 4.05. The number of piperidine rings is 1. The monoisotopic (exact) mass is 515 g/mol. The number of nitrogens with two attached hydrogens (primary N) is 1. The van der Waals surface area contributed by atoms with Crippen molar-refractivity contribution in [1.29, 1.82) is 0 Å². The normalized spacial score (nSPS) is 15.2. The summed E-state index contributed by atoms with van der Waals surface area (Å²) < 4.78 is 38.1. The van der Waals surface area contributed by atoms with Crippen LogP contribution in [-0.2, 0) is 5.54 Å². The molecule has 0 bridgehead atoms. The number of hydrogen-bond acceptors (Lipinski definition) is 6. The summed E-state index contributed by atoms with van der Waals surface area (Å²) in [4.78, 5) is 30.1. The van der Waals surface area contributed by atoms with Gasteiger partial charge in [0, 0.05) is 59.7 Å². The molecule has 2 N–H and O–H groups in total. The summed E-state index contributed by atoms with van der Waals surface area (Å²) in [6.07, 6.45) is 7.71. The second-order valence-electron chi connectivity index (χ2n) is 9.55. The number of carbonyl (C=O) groups excluding carboxylic acids is 1. The Morgan fingerprint density at radius 3 is 2.42 bits per heavy atom. The van der Waals surface area contributed by atoms with E-state index in [2.05, 4.69) is 31.4 Å². The molecule has 0 aliphatic carbocycles. The first-order valence-corrected chi connectivity index (χ1v) is 12.1. The molecule has 0 saturated carbocycles. The number of benzene rings is 2. The van der Waals surface area contributed by atoms with Crippen molar-refractivity contribution in [2.45, 2.75) is 25.3 Å². The van der Waals surface area contributed by atoms with E-state index in [-0.39, 0.29) is 28.4 Å². The number of primary amides is 1. The number of pyridine rings is 1. The average molecular weight is 516 g/mol. The number of nitrogens with zero attached hydrogens (tertiary/aromatic N) is 6. The molecule has 2 aromatic carbocycles. The van der Waals surface area contributed by atoms with Crippen LogP contribution in [0.25, 0.3) is 33.1 Å². The Bertz CT molecular complexity index is 1680. The number of carbonyl (C=O) groups is 1. The summed E-state index contributed by atoms with van der Waals surface area (Å²) in [5.74, 6) is -1.07. The quantitative estimate of drug-likeness (QED) is 0.360. The Balaban J connectivity index is 1.43. The maximum Gasteiger partial charge on any atom is 0.321 e. The van der Waals surface area contributed by atoms with E-state index in [1.54, 1.807) is 29.6 Å². The fraction of sp³-hybridized carbons (Fsp3) is 0.222. The number of aromatic nitrogens is 5. The number of amides is 2. The molecule has 1 fully saturated rings. The third-order valence-corrected chi connectivity index (χ3v) is 7.18. The summed E-state index contributed by atoms with van der Waals surface area (Å²) in [5.41, 5.74) is 7.12. The van der Waals surface area contributed by atoms with Crippen molar-refractivity contribution in [1.82, 2.24) is 29.4 Å². The third-order valence-electron chi connectivity index (χ3n) is 7.18. The minimum Gasteiger partial charge on any atom is -0.424 e. The van der Waals surface area contributed by atoms with Crippen LogP contribution in [0, 0.1) is 11.6 Å². The lowest BCUT2D eigenvalue weighted by Crippen LogP contribution is -2.48. The molecule has 6 rings (SSSR count). The first kappa shape index (κ1) is 23.7. The lowest BCUT2D eigenvalue weighted by molar-refractivity contribution is 0.141. The van der Waals surface area contributed by atoms with Crippen molar-refractivity contribution in [3.63, 3.8) is 0 Å². The zero-order valence-corrected chi connectivity index (χ0v) is 20.4. The second kappa shape index (κ2) is 9.02. The van der Waals surface area contributed by atoms with Gasteiger partial charge in [-0.15, -0.1) is 0 Å². The van der Waals surface area contributed by atoms with Gasteiger partial charge in [-0.2, -0.15) is 0 Å². The average Bonchev–Trinajstić information content (AvgIpc) is 3.35. The molecule has 0 atom stereocenters. The molecule has 1 saturated heterocycles. The van der Waals surface area contributed by atoms with E-state index in [0.29, 0.717) is 42.4 Å². The van der Waals surface area contributed by atoms with Gasteiger partial charge in [0.1, 0.15) is 22.9 Å². The second-order valence-corrected chi connectivity index (χ2v) is 9.55. The van der Waals surface area contributed by atoms with Gasteiger partial charge in [0.2, 0.25) is 0 Å². The molecule has 0 spiro atoms. The van der Waals surface area contributed by atoms with E-state index in [0.717, 1.165) is 5.52 Å². The van der Waals surface area contributed by atoms with Gasteiger partial charge < -0.3 is 19.9 Å². The molecule has 192 valence electrons. The van der Waals surface area contributed by atoms with Crippen LogP contribution in [0.4, 0.5) is 13.6 Å². The zero-order chi connectivity index (χ0) is 26.4. The van der Waals surface area contributed by atoms with Gasteiger partial charge in [0.25, 0.3) is 0 Å². The number of halogens is 2. The van der Waals surface area contributed by atoms with Crippen LogP contribution < -0.4 is 10.5 Å². The van der Waals surface area contributed by atoms with Crippen LogP contribution in [0.2, 0.25) is 0 Å². The SMILES string of the molecule is CC1(n2cnc3cnc4cc(F)c(-c5ccc(Oc6ncccn6)cc5F)cc4c32)CCN(C(N)=O)CC1. The molecule has 3 aromatic heterocycles. The molecule has 11 heteroatoms. The number of rotatable bonds is 4. The number of urea groups is 1. The topological polar surface area (TPSA) is 112 Å². The minimum absolute atomic E-state index is 0.0772. The molecule has 38 heavy (non-hydrogen) atoms. The molecule has 1 aliphatic rings. The van der Waals surface area contributed by atoms with E-state index in [4.69, 9.17) is 10.5 Å². The van der Waals surface area contributed by atoms with Gasteiger partial charge in [-0.25, -0.2) is 28.5 Å². The molecule has 1 aliphatic heterocycles. The molecule has 2 amide bonds. The summed E-state index contributed by atoms with van der Waals surface area (Å²) in [7, 11) is 0. The van der Waals surface area contributed by atoms with Crippen LogP contribution >= 0.6 is 0 Å². The number of fused-ring (bicyclic) bond motifs is 3. The Kier molecular flexibility index (Phi) is 5.63. The summed E-state index contributed by atoms with van der Waals surface area (Å²) >= 11 is 0. The van der Waals surface area contributed by atoms with Crippen LogP contribution in [0.1, 0.15) is 19.8 Å². The Labute approximate surface area is 215 Å². The van der Waals surface area contributed by atoms with Crippen molar-refractivity contribution in [2.75, 3.05) is 13.1 Å². The first-order valence-electron chi connectivity index (χ1n) is 12.1. The highest BCUT2D eigenvalue weighted by atomic mass is 19.1. The molecule has 4 heterocycles. The fourth-order valence-electron chi connectivity index (χ4n) is 5.00. The molecule has 5 aromatic rings. The Hall–Kier alpha value is -4.67. The van der Waals surface area contributed by atoms with Crippen LogP contribution in [0.15, 0.2) is 61.3 Å². The standard InChI is InChI=1S/C27H23F2N7O2/c1-27(5-9-35(10-6-27)25(30)37)36-15-34-23-14-33-22-13-21(29)18(12-19(22)24(23)36)17-4-3-16(11-20(17)28)38-26-31-7-2-8-32-26/h2-4,7-8,11-15H,5-6,9-10H2,1H3,(H2,30,37). The Morgan fingerprint density at radius 2 is 1.71 bits per heavy atom. The maximum absolute atomic E-state index is 15.3. The minimum atomic E-state index is -0.656. The van der Waals surface area contributed by atoms with E-state index < -0.39 is 17.7 Å². The number of ether oxygens (including phenoxy) is 1. The van der Waals surface area contributed by atoms with E-state index >= 15 is 8.78 Å². The Morgan fingerprint density at radius 1 is 0.974 bits per heavy atom. The molecule has 9 nitrogen and oxygen atoms in total. The zero-order valence-electron chi connectivity index (χ0n) is 20.4. The van der Waals surface area contributed by atoms with E-state index in [1.165, 1.54) is 36.7 Å². The van der Waals surface area contributed by atoms with Crippen molar-refractivity contribution < 1.29 is 18.3 Å². The van der Waals surface area contributed by atoms with Gasteiger partial charge in [-0.1, -0.05) is 0 Å². The first-order chi connectivity index (χ1) is 18.3. The van der Waals surface area contributed by atoms with Crippen molar-refractivity contribution in [3.05, 3.63) is 73.0 Å². The lowest BCUT2D eigenvalue weighted by Gasteiger charge is -2.40. The maximum atomic E-state index is 15.3. The van der Waals surface area contributed by atoms with Gasteiger partial charge in [-0.3, -0.25) is 4.98 Å². The van der Waals surface area contributed by atoms with E-state index in [1.807, 2.05) is 0 Å². The number of imidazole rings is 1. The summed E-state index contributed by atoms with van der Waals surface area (Å²) in [6.45, 7) is 3.13. The molecular weight excluding hydrogens is 492 g/mol. The fourth-order valence-corrected chi connectivity index (χ4v) is 5.00. The summed E-state index contributed by atoms with van der Waals surface area (Å²) in [5, 5.41) is 0.646. The predicted octanol–water partition coefficient (Wildman–Crippen LogP) is 5.00. The highest BCUT2D eigenvalue weighted by Crippen LogP contribution is 2.38. The lowest BCUT2D eigenvalue weighted by atomic mass is 9.89. The van der Waals surface area contributed by atoms with Gasteiger partial charge in [0.05, 0.1) is 23.6 Å². The smallest absolute Gasteiger partial charge is 0.321 e. The van der Waals surface area contributed by atoms with Crippen LogP contribution in [-0.4, -0.2) is 48.5 Å². The van der Waals surface area contributed by atoms with Crippen molar-refractivity contribution in [3.8, 4) is 22.9 Å². The van der Waals surface area contributed by atoms with Gasteiger partial charge >= 0.3 is 12.0 Å². The van der Waals surface area contributed by atoms with Crippen LogP contribution in [0.5, 0.6) is 11.8 Å².